The minimum atomic E-state index is -0.276. The van der Waals surface area contributed by atoms with Crippen molar-refractivity contribution in [2.45, 2.75) is 12.6 Å². The van der Waals surface area contributed by atoms with Crippen molar-refractivity contribution in [3.8, 4) is 0 Å². The molecule has 0 unspecified atom stereocenters. The van der Waals surface area contributed by atoms with Crippen LogP contribution in [0.2, 0.25) is 0 Å². The van der Waals surface area contributed by atoms with Crippen LogP contribution in [0.25, 0.3) is 0 Å². The van der Waals surface area contributed by atoms with E-state index in [0.29, 0.717) is 13.1 Å². The zero-order valence-corrected chi connectivity index (χ0v) is 14.4. The van der Waals surface area contributed by atoms with Gasteiger partial charge >= 0.3 is 0 Å². The second-order valence-electron chi connectivity index (χ2n) is 6.14. The van der Waals surface area contributed by atoms with Crippen molar-refractivity contribution in [2.24, 2.45) is 0 Å². The van der Waals surface area contributed by atoms with Crippen LogP contribution in [-0.2, 0) is 11.3 Å². The van der Waals surface area contributed by atoms with E-state index >= 15 is 0 Å². The number of benzene rings is 3. The van der Waals surface area contributed by atoms with Gasteiger partial charge in [-0.3, -0.25) is 4.79 Å². The first-order chi connectivity index (χ1) is 12.7. The van der Waals surface area contributed by atoms with Crippen LogP contribution in [0.5, 0.6) is 0 Å². The largest absolute Gasteiger partial charge is 0.347 e. The molecule has 0 heterocycles. The maximum Gasteiger partial charge on any atom is 0.275 e. The average Bonchev–Trinajstić information content (AvgIpc) is 2.69. The van der Waals surface area contributed by atoms with Gasteiger partial charge in [0.15, 0.2) is 6.54 Å². The molecule has 4 heteroatoms. The molecule has 0 bridgehead atoms. The van der Waals surface area contributed by atoms with E-state index in [1.807, 2.05) is 41.7 Å². The van der Waals surface area contributed by atoms with Crippen LogP contribution in [-0.4, -0.2) is 12.5 Å². The van der Waals surface area contributed by atoms with Crippen molar-refractivity contribution in [1.29, 1.82) is 0 Å². The van der Waals surface area contributed by atoms with Gasteiger partial charge < -0.3 is 10.6 Å². The molecule has 3 aromatic rings. The van der Waals surface area contributed by atoms with Crippen molar-refractivity contribution >= 4 is 5.91 Å². The Balaban J connectivity index is 1.60. The number of carbonyl (C=O) groups is 1. The molecule has 0 aliphatic rings. The zero-order chi connectivity index (χ0) is 18.2. The van der Waals surface area contributed by atoms with E-state index in [9.17, 15) is 9.18 Å². The second-order valence-corrected chi connectivity index (χ2v) is 6.14. The summed E-state index contributed by atoms with van der Waals surface area (Å²) in [5, 5.41) is 4.92. The number of hydrogen-bond acceptors (Lipinski definition) is 1. The maximum atomic E-state index is 12.9. The zero-order valence-electron chi connectivity index (χ0n) is 14.4. The smallest absolute Gasteiger partial charge is 0.275 e. The molecule has 26 heavy (non-hydrogen) atoms. The summed E-state index contributed by atoms with van der Waals surface area (Å²) >= 11 is 0. The van der Waals surface area contributed by atoms with Crippen molar-refractivity contribution in [3.63, 3.8) is 0 Å². The Kier molecular flexibility index (Phi) is 6.12. The van der Waals surface area contributed by atoms with Gasteiger partial charge in [0.25, 0.3) is 5.91 Å². The molecule has 3 rings (SSSR count). The minimum absolute atomic E-state index is 0.0498. The highest BCUT2D eigenvalue weighted by Crippen LogP contribution is 2.17. The third-order valence-electron chi connectivity index (χ3n) is 4.26. The Bertz CT molecular complexity index is 780. The molecule has 132 valence electrons. The topological polar surface area (TPSA) is 45.7 Å². The summed E-state index contributed by atoms with van der Waals surface area (Å²) < 4.78 is 12.9. The van der Waals surface area contributed by atoms with E-state index in [4.69, 9.17) is 0 Å². The van der Waals surface area contributed by atoms with Crippen molar-refractivity contribution in [2.75, 3.05) is 6.54 Å². The van der Waals surface area contributed by atoms with Crippen LogP contribution in [0.1, 0.15) is 22.7 Å². The summed E-state index contributed by atoms with van der Waals surface area (Å²) in [6.07, 6.45) is 0. The standard InChI is InChI=1S/C22H21FN2O/c23-20-13-11-17(12-14-20)15-24-21(26)16-25-22(18-7-3-1-4-8-18)19-9-5-2-6-10-19/h1-14,22,25H,15-16H2,(H,24,26)/p+1. The summed E-state index contributed by atoms with van der Waals surface area (Å²) in [5.74, 6) is -0.326. The lowest BCUT2D eigenvalue weighted by atomic mass is 9.99. The summed E-state index contributed by atoms with van der Waals surface area (Å²) in [6.45, 7) is 0.712. The lowest BCUT2D eigenvalue weighted by molar-refractivity contribution is -0.676. The summed E-state index contributed by atoms with van der Waals surface area (Å²) in [4.78, 5) is 12.2. The molecule has 3 N–H and O–H groups in total. The molecular formula is C22H22FN2O+. The molecule has 0 radical (unpaired) electrons. The number of halogens is 1. The van der Waals surface area contributed by atoms with Gasteiger partial charge in [0.05, 0.1) is 0 Å². The Hall–Kier alpha value is -2.98. The van der Waals surface area contributed by atoms with E-state index in [2.05, 4.69) is 29.6 Å². The Morgan fingerprint density at radius 3 is 1.92 bits per heavy atom. The third-order valence-corrected chi connectivity index (χ3v) is 4.26. The fourth-order valence-corrected chi connectivity index (χ4v) is 2.89. The Morgan fingerprint density at radius 2 is 1.38 bits per heavy atom. The molecule has 0 atom stereocenters. The minimum Gasteiger partial charge on any atom is -0.347 e. The Labute approximate surface area is 152 Å². The summed E-state index contributed by atoms with van der Waals surface area (Å²) in [7, 11) is 0. The summed E-state index contributed by atoms with van der Waals surface area (Å²) in [6, 6.07) is 26.5. The number of rotatable bonds is 7. The van der Waals surface area contributed by atoms with Crippen LogP contribution in [0.15, 0.2) is 84.9 Å². The van der Waals surface area contributed by atoms with Gasteiger partial charge in [-0.15, -0.1) is 0 Å². The SMILES string of the molecule is O=C(C[NH2+]C(c1ccccc1)c1ccccc1)NCc1ccc(F)cc1. The van der Waals surface area contributed by atoms with Crippen molar-refractivity contribution in [3.05, 3.63) is 107 Å². The highest BCUT2D eigenvalue weighted by molar-refractivity contribution is 5.76. The lowest BCUT2D eigenvalue weighted by Crippen LogP contribution is -2.87. The fourth-order valence-electron chi connectivity index (χ4n) is 2.89. The van der Waals surface area contributed by atoms with E-state index in [-0.39, 0.29) is 17.8 Å². The highest BCUT2D eigenvalue weighted by atomic mass is 19.1. The van der Waals surface area contributed by atoms with Gasteiger partial charge in [0.1, 0.15) is 11.9 Å². The second kappa shape index (κ2) is 8.92. The van der Waals surface area contributed by atoms with Crippen LogP contribution in [0.4, 0.5) is 4.39 Å². The molecule has 0 aromatic heterocycles. The number of hydrogen-bond donors (Lipinski definition) is 2. The number of nitrogens with one attached hydrogen (secondary N) is 1. The quantitative estimate of drug-likeness (QED) is 0.677. The van der Waals surface area contributed by atoms with E-state index in [1.54, 1.807) is 12.1 Å². The predicted octanol–water partition coefficient (Wildman–Crippen LogP) is 2.79. The predicted molar refractivity (Wildman–Crippen MR) is 99.8 cm³/mol. The van der Waals surface area contributed by atoms with Gasteiger partial charge in [0.2, 0.25) is 0 Å². The molecule has 3 aromatic carbocycles. The first-order valence-electron chi connectivity index (χ1n) is 8.67. The van der Waals surface area contributed by atoms with Crippen LogP contribution < -0.4 is 10.6 Å². The van der Waals surface area contributed by atoms with Crippen molar-refractivity contribution < 1.29 is 14.5 Å². The normalized spacial score (nSPS) is 10.7. The number of carbonyl (C=O) groups excluding carboxylic acids is 1. The molecular weight excluding hydrogens is 327 g/mol. The molecule has 0 saturated heterocycles. The highest BCUT2D eigenvalue weighted by Gasteiger charge is 2.18. The van der Waals surface area contributed by atoms with Gasteiger partial charge in [0, 0.05) is 17.7 Å². The number of amides is 1. The molecule has 3 nitrogen and oxygen atoms in total. The van der Waals surface area contributed by atoms with Gasteiger partial charge in [-0.2, -0.15) is 0 Å². The molecule has 1 amide bonds. The summed E-state index contributed by atoms with van der Waals surface area (Å²) in [5.41, 5.74) is 3.19. The first kappa shape index (κ1) is 17.8. The van der Waals surface area contributed by atoms with Crippen LogP contribution in [0.3, 0.4) is 0 Å². The van der Waals surface area contributed by atoms with Gasteiger partial charge in [-0.1, -0.05) is 72.8 Å². The molecule has 0 fully saturated rings. The molecule has 0 spiro atoms. The monoisotopic (exact) mass is 349 g/mol. The Morgan fingerprint density at radius 1 is 0.846 bits per heavy atom. The first-order valence-corrected chi connectivity index (χ1v) is 8.67. The van der Waals surface area contributed by atoms with E-state index < -0.39 is 0 Å². The van der Waals surface area contributed by atoms with Gasteiger partial charge in [-0.25, -0.2) is 4.39 Å². The number of nitrogens with two attached hydrogens (primary N) is 1. The third kappa shape index (κ3) is 5.01. The van der Waals surface area contributed by atoms with Crippen molar-refractivity contribution in [1.82, 2.24) is 5.32 Å². The van der Waals surface area contributed by atoms with E-state index in [0.717, 1.165) is 16.7 Å². The fraction of sp³-hybridized carbons (Fsp3) is 0.136. The van der Waals surface area contributed by atoms with Gasteiger partial charge in [-0.05, 0) is 17.7 Å². The molecule has 0 aliphatic heterocycles. The number of quaternary nitrogens is 1. The molecule has 0 aliphatic carbocycles. The average molecular weight is 349 g/mol. The van der Waals surface area contributed by atoms with Crippen LogP contribution in [0, 0.1) is 5.82 Å². The molecule has 0 saturated carbocycles. The van der Waals surface area contributed by atoms with Crippen LogP contribution >= 0.6 is 0 Å². The lowest BCUT2D eigenvalue weighted by Gasteiger charge is -2.16. The van der Waals surface area contributed by atoms with E-state index in [1.165, 1.54) is 12.1 Å². The maximum absolute atomic E-state index is 12.9.